The molecule has 0 aliphatic rings. The van der Waals surface area contributed by atoms with Crippen LogP contribution in [0.15, 0.2) is 0 Å². The summed E-state index contributed by atoms with van der Waals surface area (Å²) in [5.74, 6) is -0.979. The third-order valence-corrected chi connectivity index (χ3v) is 2.35. The zero-order valence-electron chi connectivity index (χ0n) is 13.1. The summed E-state index contributed by atoms with van der Waals surface area (Å²) >= 11 is 0. The van der Waals surface area contributed by atoms with Crippen LogP contribution in [-0.2, 0) is 9.53 Å². The van der Waals surface area contributed by atoms with Gasteiger partial charge >= 0.3 is 12.3 Å². The van der Waals surface area contributed by atoms with E-state index < -0.39 is 42.3 Å². The van der Waals surface area contributed by atoms with Crippen molar-refractivity contribution in [2.45, 2.75) is 64.5 Å². The number of halogens is 3. The summed E-state index contributed by atoms with van der Waals surface area (Å²) in [6, 6.07) is -1.83. The summed E-state index contributed by atoms with van der Waals surface area (Å²) in [7, 11) is 0. The molecule has 0 aliphatic heterocycles. The van der Waals surface area contributed by atoms with Crippen molar-refractivity contribution in [1.29, 1.82) is 0 Å². The van der Waals surface area contributed by atoms with Crippen LogP contribution in [0, 0.1) is 0 Å². The number of carbonyl (C=O) groups excluding carboxylic acids is 2. The van der Waals surface area contributed by atoms with E-state index in [1.54, 1.807) is 6.92 Å². The highest BCUT2D eigenvalue weighted by Crippen LogP contribution is 2.23. The van der Waals surface area contributed by atoms with Crippen molar-refractivity contribution in [2.24, 2.45) is 0 Å². The van der Waals surface area contributed by atoms with E-state index in [1.807, 2.05) is 5.32 Å². The van der Waals surface area contributed by atoms with Gasteiger partial charge in [0.2, 0.25) is 0 Å². The standard InChI is InChI=1S/C13H23F3N2O4/c1-5-6-17-10(20)9(19)8(7-13(14,15)16)18-11(21)22-12(2,3)4/h8-9,19H,5-7H2,1-4H3,(H,17,20)(H,18,21). The number of hydrogen-bond acceptors (Lipinski definition) is 4. The van der Waals surface area contributed by atoms with Crippen LogP contribution in [0.2, 0.25) is 0 Å². The number of aliphatic hydroxyl groups is 1. The summed E-state index contributed by atoms with van der Waals surface area (Å²) in [5, 5.41) is 13.9. The number of hydrogen-bond donors (Lipinski definition) is 3. The Morgan fingerprint density at radius 3 is 2.18 bits per heavy atom. The summed E-state index contributed by atoms with van der Waals surface area (Å²) < 4.78 is 42.4. The number of alkyl carbamates (subject to hydrolysis) is 1. The number of aliphatic hydroxyl groups excluding tert-OH is 1. The second-order valence-electron chi connectivity index (χ2n) is 5.81. The normalized spacial score (nSPS) is 14.9. The molecule has 0 spiro atoms. The van der Waals surface area contributed by atoms with E-state index >= 15 is 0 Å². The lowest BCUT2D eigenvalue weighted by molar-refractivity contribution is -0.151. The molecule has 2 atom stereocenters. The van der Waals surface area contributed by atoms with Crippen LogP contribution in [0.4, 0.5) is 18.0 Å². The van der Waals surface area contributed by atoms with Gasteiger partial charge in [0.05, 0.1) is 12.5 Å². The molecule has 0 aromatic rings. The summed E-state index contributed by atoms with van der Waals surface area (Å²) in [4.78, 5) is 23.1. The Labute approximate surface area is 127 Å². The Hall–Kier alpha value is -1.51. The van der Waals surface area contributed by atoms with Crippen LogP contribution in [0.5, 0.6) is 0 Å². The van der Waals surface area contributed by atoms with Crippen molar-refractivity contribution < 1.29 is 32.6 Å². The topological polar surface area (TPSA) is 87.7 Å². The molecule has 0 heterocycles. The van der Waals surface area contributed by atoms with E-state index in [0.717, 1.165) is 0 Å². The van der Waals surface area contributed by atoms with Gasteiger partial charge in [-0.05, 0) is 27.2 Å². The zero-order chi connectivity index (χ0) is 17.6. The highest BCUT2D eigenvalue weighted by atomic mass is 19.4. The molecule has 0 fully saturated rings. The van der Waals surface area contributed by atoms with Crippen molar-refractivity contribution in [3.8, 4) is 0 Å². The number of alkyl halides is 3. The Morgan fingerprint density at radius 2 is 1.77 bits per heavy atom. The van der Waals surface area contributed by atoms with Crippen molar-refractivity contribution in [1.82, 2.24) is 10.6 Å². The maximum absolute atomic E-state index is 12.5. The molecule has 130 valence electrons. The molecule has 0 aromatic heterocycles. The largest absolute Gasteiger partial charge is 0.444 e. The van der Waals surface area contributed by atoms with Crippen molar-refractivity contribution in [3.63, 3.8) is 0 Å². The number of carbonyl (C=O) groups is 2. The zero-order valence-corrected chi connectivity index (χ0v) is 13.1. The molecule has 0 radical (unpaired) electrons. The van der Waals surface area contributed by atoms with Gasteiger partial charge in [-0.3, -0.25) is 4.79 Å². The molecule has 3 N–H and O–H groups in total. The first kappa shape index (κ1) is 20.5. The van der Waals surface area contributed by atoms with Gasteiger partial charge in [0.25, 0.3) is 5.91 Å². The van der Waals surface area contributed by atoms with Crippen molar-refractivity contribution in [3.05, 3.63) is 0 Å². The van der Waals surface area contributed by atoms with Gasteiger partial charge in [-0.2, -0.15) is 13.2 Å². The second-order valence-corrected chi connectivity index (χ2v) is 5.81. The van der Waals surface area contributed by atoms with Crippen LogP contribution in [0.1, 0.15) is 40.5 Å². The lowest BCUT2D eigenvalue weighted by atomic mass is 10.1. The lowest BCUT2D eigenvalue weighted by Gasteiger charge is -2.26. The minimum atomic E-state index is -4.66. The maximum Gasteiger partial charge on any atom is 0.407 e. The first-order valence-corrected chi connectivity index (χ1v) is 6.87. The molecule has 6 nitrogen and oxygen atoms in total. The molecule has 0 aliphatic carbocycles. The third-order valence-electron chi connectivity index (χ3n) is 2.35. The highest BCUT2D eigenvalue weighted by Gasteiger charge is 2.39. The molecule has 0 saturated carbocycles. The average Bonchev–Trinajstić information content (AvgIpc) is 2.30. The van der Waals surface area contributed by atoms with Crippen LogP contribution in [-0.4, -0.2) is 47.6 Å². The number of rotatable bonds is 6. The van der Waals surface area contributed by atoms with E-state index in [9.17, 15) is 27.9 Å². The van der Waals surface area contributed by atoms with Gasteiger partial charge in [0.1, 0.15) is 5.60 Å². The first-order valence-electron chi connectivity index (χ1n) is 6.87. The molecule has 9 heteroatoms. The van der Waals surface area contributed by atoms with E-state index in [2.05, 4.69) is 5.32 Å². The van der Waals surface area contributed by atoms with Gasteiger partial charge in [0, 0.05) is 6.54 Å². The minimum Gasteiger partial charge on any atom is -0.444 e. The molecular weight excluding hydrogens is 305 g/mol. The van der Waals surface area contributed by atoms with Crippen molar-refractivity contribution in [2.75, 3.05) is 6.54 Å². The predicted molar refractivity (Wildman–Crippen MR) is 73.1 cm³/mol. The Kier molecular flexibility index (Phi) is 7.65. The Morgan fingerprint density at radius 1 is 1.23 bits per heavy atom. The van der Waals surface area contributed by atoms with Crippen LogP contribution in [0.25, 0.3) is 0 Å². The van der Waals surface area contributed by atoms with E-state index in [1.165, 1.54) is 20.8 Å². The van der Waals surface area contributed by atoms with Crippen LogP contribution >= 0.6 is 0 Å². The summed E-state index contributed by atoms with van der Waals surface area (Å²) in [5.41, 5.74) is -0.914. The fourth-order valence-electron chi connectivity index (χ4n) is 1.49. The Balaban J connectivity index is 4.89. The Bertz CT molecular complexity index is 380. The average molecular weight is 328 g/mol. The van der Waals surface area contributed by atoms with E-state index in [-0.39, 0.29) is 6.54 Å². The molecule has 0 aromatic carbocycles. The van der Waals surface area contributed by atoms with Gasteiger partial charge < -0.3 is 20.5 Å². The molecule has 2 unspecified atom stereocenters. The van der Waals surface area contributed by atoms with Crippen LogP contribution in [0.3, 0.4) is 0 Å². The molecule has 0 saturated heterocycles. The lowest BCUT2D eigenvalue weighted by Crippen LogP contribution is -2.53. The molecule has 0 bridgehead atoms. The fourth-order valence-corrected chi connectivity index (χ4v) is 1.49. The molecular formula is C13H23F3N2O4. The number of amides is 2. The number of ether oxygens (including phenoxy) is 1. The van der Waals surface area contributed by atoms with Gasteiger partial charge in [-0.15, -0.1) is 0 Å². The summed E-state index contributed by atoms with van der Waals surface area (Å²) in [6.07, 6.45) is -8.81. The van der Waals surface area contributed by atoms with E-state index in [0.29, 0.717) is 6.42 Å². The quantitative estimate of drug-likeness (QED) is 0.693. The first-order chi connectivity index (χ1) is 9.85. The fraction of sp³-hybridized carbons (Fsp3) is 0.846. The third kappa shape index (κ3) is 9.43. The monoisotopic (exact) mass is 328 g/mol. The van der Waals surface area contributed by atoms with Crippen molar-refractivity contribution >= 4 is 12.0 Å². The van der Waals surface area contributed by atoms with Gasteiger partial charge in [-0.25, -0.2) is 4.79 Å². The smallest absolute Gasteiger partial charge is 0.407 e. The second kappa shape index (κ2) is 8.21. The van der Waals surface area contributed by atoms with Gasteiger partial charge in [-0.1, -0.05) is 6.92 Å². The van der Waals surface area contributed by atoms with E-state index in [4.69, 9.17) is 4.74 Å². The summed E-state index contributed by atoms with van der Waals surface area (Å²) in [6.45, 7) is 6.57. The molecule has 2 amide bonds. The molecule has 22 heavy (non-hydrogen) atoms. The number of nitrogens with one attached hydrogen (secondary N) is 2. The minimum absolute atomic E-state index is 0.209. The van der Waals surface area contributed by atoms with Gasteiger partial charge in [0.15, 0.2) is 6.10 Å². The SMILES string of the molecule is CCCNC(=O)C(O)C(CC(F)(F)F)NC(=O)OC(C)(C)C. The molecule has 0 rings (SSSR count). The highest BCUT2D eigenvalue weighted by molar-refractivity contribution is 5.82. The predicted octanol–water partition coefficient (Wildman–Crippen LogP) is 1.72. The van der Waals surface area contributed by atoms with Crippen LogP contribution < -0.4 is 10.6 Å². The maximum atomic E-state index is 12.5.